The normalized spacial score (nSPS) is 10.1. The Hall–Kier alpha value is -2.96. The molecule has 22 heavy (non-hydrogen) atoms. The molecule has 2 aromatic rings. The van der Waals surface area contributed by atoms with Crippen LogP contribution in [0.5, 0.6) is 0 Å². The van der Waals surface area contributed by atoms with E-state index in [0.29, 0.717) is 11.3 Å². The van der Waals surface area contributed by atoms with Crippen molar-refractivity contribution in [1.82, 2.24) is 9.78 Å². The molecule has 1 aromatic carbocycles. The molecule has 1 amide bonds. The van der Waals surface area contributed by atoms with Gasteiger partial charge in [-0.3, -0.25) is 14.3 Å². The van der Waals surface area contributed by atoms with E-state index in [1.54, 1.807) is 24.3 Å². The second kappa shape index (κ2) is 6.66. The molecule has 0 aliphatic carbocycles. The van der Waals surface area contributed by atoms with E-state index in [4.69, 9.17) is 0 Å². The predicted molar refractivity (Wildman–Crippen MR) is 78.6 cm³/mol. The van der Waals surface area contributed by atoms with Crippen molar-refractivity contribution in [2.24, 2.45) is 0 Å². The van der Waals surface area contributed by atoms with Crippen molar-refractivity contribution in [2.75, 3.05) is 12.4 Å². The lowest BCUT2D eigenvalue weighted by atomic mass is 10.1. The number of nitrogens with zero attached hydrogens (tertiary/aromatic N) is 2. The van der Waals surface area contributed by atoms with E-state index in [1.807, 2.05) is 0 Å². The summed E-state index contributed by atoms with van der Waals surface area (Å²) in [4.78, 5) is 34.5. The lowest BCUT2D eigenvalue weighted by Gasteiger charge is -2.06. The number of amides is 1. The number of ether oxygens (including phenoxy) is 1. The van der Waals surface area contributed by atoms with Crippen molar-refractivity contribution < 1.29 is 19.1 Å². The van der Waals surface area contributed by atoms with Crippen LogP contribution in [0.3, 0.4) is 0 Å². The zero-order valence-corrected chi connectivity index (χ0v) is 12.2. The summed E-state index contributed by atoms with van der Waals surface area (Å²) in [6.07, 6.45) is 1.51. The molecule has 0 saturated carbocycles. The number of ketones is 1. The quantitative estimate of drug-likeness (QED) is 0.668. The summed E-state index contributed by atoms with van der Waals surface area (Å²) in [5.74, 6) is -0.959. The van der Waals surface area contributed by atoms with Crippen LogP contribution in [0.2, 0.25) is 0 Å². The van der Waals surface area contributed by atoms with Gasteiger partial charge in [-0.1, -0.05) is 12.1 Å². The molecule has 7 nitrogen and oxygen atoms in total. The van der Waals surface area contributed by atoms with Crippen LogP contribution in [0.15, 0.2) is 36.5 Å². The van der Waals surface area contributed by atoms with Gasteiger partial charge in [0.05, 0.1) is 7.11 Å². The number of Topliss-reactive ketones (excluding diaryl/α,β-unsaturated/α-hetero) is 1. The molecular formula is C15H15N3O4. The fourth-order valence-electron chi connectivity index (χ4n) is 1.83. The molecule has 0 fully saturated rings. The number of anilines is 1. The highest BCUT2D eigenvalue weighted by Crippen LogP contribution is 2.11. The summed E-state index contributed by atoms with van der Waals surface area (Å²) in [5, 5.41) is 6.61. The summed E-state index contributed by atoms with van der Waals surface area (Å²) >= 11 is 0. The first-order valence-electron chi connectivity index (χ1n) is 6.52. The maximum Gasteiger partial charge on any atom is 0.358 e. The van der Waals surface area contributed by atoms with E-state index >= 15 is 0 Å². The monoisotopic (exact) mass is 301 g/mol. The maximum atomic E-state index is 11.9. The lowest BCUT2D eigenvalue weighted by molar-refractivity contribution is -0.116. The first-order valence-corrected chi connectivity index (χ1v) is 6.52. The van der Waals surface area contributed by atoms with Gasteiger partial charge in [-0.2, -0.15) is 5.10 Å². The van der Waals surface area contributed by atoms with E-state index in [0.717, 1.165) is 0 Å². The molecule has 2 rings (SSSR count). The van der Waals surface area contributed by atoms with Crippen molar-refractivity contribution in [1.29, 1.82) is 0 Å². The molecule has 7 heteroatoms. The number of hydrogen-bond acceptors (Lipinski definition) is 5. The van der Waals surface area contributed by atoms with E-state index in [2.05, 4.69) is 15.2 Å². The van der Waals surface area contributed by atoms with Crippen molar-refractivity contribution in [2.45, 2.75) is 13.5 Å². The van der Waals surface area contributed by atoms with Gasteiger partial charge in [0.25, 0.3) is 0 Å². The topological polar surface area (TPSA) is 90.3 Å². The van der Waals surface area contributed by atoms with Crippen LogP contribution >= 0.6 is 0 Å². The molecule has 0 saturated heterocycles. The van der Waals surface area contributed by atoms with Gasteiger partial charge in [-0.05, 0) is 25.1 Å². The van der Waals surface area contributed by atoms with Crippen molar-refractivity contribution in [3.8, 4) is 0 Å². The number of hydrogen-bond donors (Lipinski definition) is 1. The number of esters is 1. The Morgan fingerprint density at radius 3 is 2.73 bits per heavy atom. The molecule has 0 aliphatic rings. The fourth-order valence-corrected chi connectivity index (χ4v) is 1.83. The number of rotatable bonds is 5. The van der Waals surface area contributed by atoms with Gasteiger partial charge >= 0.3 is 5.97 Å². The number of carbonyl (C=O) groups excluding carboxylic acids is 3. The van der Waals surface area contributed by atoms with E-state index < -0.39 is 5.97 Å². The predicted octanol–water partition coefficient (Wildman–Crippen LogP) is 1.51. The average molecular weight is 301 g/mol. The first-order chi connectivity index (χ1) is 10.5. The van der Waals surface area contributed by atoms with Crippen LogP contribution < -0.4 is 5.32 Å². The zero-order chi connectivity index (χ0) is 16.1. The summed E-state index contributed by atoms with van der Waals surface area (Å²) in [7, 11) is 1.26. The number of nitrogens with one attached hydrogen (secondary N) is 1. The van der Waals surface area contributed by atoms with Gasteiger partial charge in [0.1, 0.15) is 6.54 Å². The van der Waals surface area contributed by atoms with Gasteiger partial charge < -0.3 is 10.1 Å². The van der Waals surface area contributed by atoms with Crippen LogP contribution in [-0.4, -0.2) is 34.6 Å². The van der Waals surface area contributed by atoms with Crippen molar-refractivity contribution in [3.05, 3.63) is 47.8 Å². The van der Waals surface area contributed by atoms with Crippen LogP contribution in [0.4, 0.5) is 5.69 Å². The third kappa shape index (κ3) is 3.78. The minimum atomic E-state index is -0.562. The Bertz CT molecular complexity index is 721. The number of aromatic nitrogens is 2. The number of carbonyl (C=O) groups is 3. The highest BCUT2D eigenvalue weighted by Gasteiger charge is 2.11. The minimum absolute atomic E-state index is 0.0543. The van der Waals surface area contributed by atoms with Crippen molar-refractivity contribution in [3.63, 3.8) is 0 Å². The molecule has 1 aromatic heterocycles. The van der Waals surface area contributed by atoms with Gasteiger partial charge in [0.2, 0.25) is 5.91 Å². The SMILES string of the molecule is COC(=O)c1ccn(CC(=O)Nc2cccc(C(C)=O)c2)n1. The van der Waals surface area contributed by atoms with Gasteiger partial charge in [-0.25, -0.2) is 4.79 Å². The Morgan fingerprint density at radius 1 is 1.27 bits per heavy atom. The van der Waals surface area contributed by atoms with E-state index in [1.165, 1.54) is 31.0 Å². The van der Waals surface area contributed by atoms with E-state index in [-0.39, 0.29) is 23.9 Å². The summed E-state index contributed by atoms with van der Waals surface area (Å²) < 4.78 is 5.87. The number of methoxy groups -OCH3 is 1. The minimum Gasteiger partial charge on any atom is -0.464 e. The molecule has 0 bridgehead atoms. The smallest absolute Gasteiger partial charge is 0.358 e. The number of benzene rings is 1. The molecule has 0 spiro atoms. The van der Waals surface area contributed by atoms with Crippen LogP contribution in [-0.2, 0) is 16.1 Å². The van der Waals surface area contributed by atoms with E-state index in [9.17, 15) is 14.4 Å². The Labute approximate surface area is 126 Å². The summed E-state index contributed by atoms with van der Waals surface area (Å²) in [6, 6.07) is 8.12. The van der Waals surface area contributed by atoms with Gasteiger partial charge in [0.15, 0.2) is 11.5 Å². The molecule has 0 aliphatic heterocycles. The Morgan fingerprint density at radius 2 is 2.05 bits per heavy atom. The second-order valence-corrected chi connectivity index (χ2v) is 4.58. The Kier molecular flexibility index (Phi) is 4.67. The highest BCUT2D eigenvalue weighted by atomic mass is 16.5. The molecule has 1 heterocycles. The molecule has 1 N–H and O–H groups in total. The molecule has 0 unspecified atom stereocenters. The third-order valence-corrected chi connectivity index (χ3v) is 2.89. The summed E-state index contributed by atoms with van der Waals surface area (Å²) in [6.45, 7) is 1.40. The molecule has 0 radical (unpaired) electrons. The largest absolute Gasteiger partial charge is 0.464 e. The van der Waals surface area contributed by atoms with Crippen LogP contribution in [0, 0.1) is 0 Å². The molecule has 0 atom stereocenters. The van der Waals surface area contributed by atoms with Crippen LogP contribution in [0.25, 0.3) is 0 Å². The molecule has 114 valence electrons. The average Bonchev–Trinajstić information content (AvgIpc) is 2.95. The van der Waals surface area contributed by atoms with Crippen molar-refractivity contribution >= 4 is 23.3 Å². The molecular weight excluding hydrogens is 286 g/mol. The lowest BCUT2D eigenvalue weighted by Crippen LogP contribution is -2.19. The maximum absolute atomic E-state index is 11.9. The Balaban J connectivity index is 2.01. The van der Waals surface area contributed by atoms with Gasteiger partial charge in [0, 0.05) is 17.4 Å². The fraction of sp³-hybridized carbons (Fsp3) is 0.200. The van der Waals surface area contributed by atoms with Crippen LogP contribution in [0.1, 0.15) is 27.8 Å². The standard InChI is InChI=1S/C15H15N3O4/c1-10(19)11-4-3-5-12(8-11)16-14(20)9-18-7-6-13(17-18)15(21)22-2/h3-8H,9H2,1-2H3,(H,16,20). The first kappa shape index (κ1) is 15.4. The third-order valence-electron chi connectivity index (χ3n) is 2.89. The second-order valence-electron chi connectivity index (χ2n) is 4.58. The summed E-state index contributed by atoms with van der Waals surface area (Å²) in [5.41, 5.74) is 1.18. The highest BCUT2D eigenvalue weighted by molar-refractivity contribution is 5.97. The zero-order valence-electron chi connectivity index (χ0n) is 12.2. The van der Waals surface area contributed by atoms with Gasteiger partial charge in [-0.15, -0.1) is 0 Å².